The number of rotatable bonds is 10. The Morgan fingerprint density at radius 3 is 2.34 bits per heavy atom. The number of carbonyl (C=O) groups is 1. The summed E-state index contributed by atoms with van der Waals surface area (Å²) in [6.07, 6.45) is 1.57. The maximum atomic E-state index is 12.0. The monoisotopic (exact) mass is 404 g/mol. The fraction of sp³-hybridized carbons (Fsp3) is 0.400. The highest BCUT2D eigenvalue weighted by atomic mass is 16.5. The van der Waals surface area contributed by atoms with Crippen molar-refractivity contribution >= 4 is 11.9 Å². The summed E-state index contributed by atoms with van der Waals surface area (Å²) in [7, 11) is 4.69. The summed E-state index contributed by atoms with van der Waals surface area (Å²) in [5.41, 5.74) is 0.874. The summed E-state index contributed by atoms with van der Waals surface area (Å²) in [6.45, 7) is 3.40. The number of nitrogens with one attached hydrogen (secondary N) is 3. The van der Waals surface area contributed by atoms with Gasteiger partial charge >= 0.3 is 0 Å². The zero-order chi connectivity index (χ0) is 21.1. The van der Waals surface area contributed by atoms with E-state index in [2.05, 4.69) is 20.9 Å². The fourth-order valence-corrected chi connectivity index (χ4v) is 2.56. The van der Waals surface area contributed by atoms with Crippen LogP contribution in [0, 0.1) is 0 Å². The quantitative estimate of drug-likeness (QED) is 0.409. The lowest BCUT2D eigenvalue weighted by molar-refractivity contribution is -0.120. The van der Waals surface area contributed by atoms with Gasteiger partial charge < -0.3 is 34.6 Å². The van der Waals surface area contributed by atoms with Gasteiger partial charge in [-0.15, -0.1) is 0 Å². The molecule has 1 amide bonds. The van der Waals surface area contributed by atoms with Gasteiger partial charge in [0.05, 0.1) is 47.2 Å². The first-order valence-corrected chi connectivity index (χ1v) is 9.21. The van der Waals surface area contributed by atoms with E-state index in [4.69, 9.17) is 18.6 Å². The third kappa shape index (κ3) is 6.63. The molecule has 3 N–H and O–H groups in total. The van der Waals surface area contributed by atoms with E-state index in [9.17, 15) is 4.79 Å². The molecule has 0 aliphatic rings. The van der Waals surface area contributed by atoms with Crippen molar-refractivity contribution in [1.82, 2.24) is 16.0 Å². The minimum Gasteiger partial charge on any atom is -0.493 e. The number of nitrogens with zero attached hydrogens (tertiary/aromatic N) is 1. The van der Waals surface area contributed by atoms with Crippen molar-refractivity contribution in [2.24, 2.45) is 4.99 Å². The number of hydrogen-bond acceptors (Lipinski definition) is 6. The maximum Gasteiger partial charge on any atom is 0.239 e. The molecule has 0 spiro atoms. The van der Waals surface area contributed by atoms with Gasteiger partial charge in [-0.2, -0.15) is 0 Å². The summed E-state index contributed by atoms with van der Waals surface area (Å²) >= 11 is 0. The topological polar surface area (TPSA) is 106 Å². The average molecular weight is 404 g/mol. The number of amides is 1. The molecular weight excluding hydrogens is 376 g/mol. The molecule has 2 rings (SSSR count). The molecule has 0 fully saturated rings. The van der Waals surface area contributed by atoms with Crippen LogP contribution in [0.25, 0.3) is 0 Å². The number of carbonyl (C=O) groups excluding carboxylic acids is 1. The molecule has 0 saturated carbocycles. The Balaban J connectivity index is 1.98. The first kappa shape index (κ1) is 21.9. The highest BCUT2D eigenvalue weighted by Gasteiger charge is 2.13. The van der Waals surface area contributed by atoms with Gasteiger partial charge in [-0.3, -0.25) is 4.79 Å². The number of methoxy groups -OCH3 is 3. The van der Waals surface area contributed by atoms with Crippen LogP contribution in [0.15, 0.2) is 39.9 Å². The fourth-order valence-electron chi connectivity index (χ4n) is 2.56. The van der Waals surface area contributed by atoms with Crippen molar-refractivity contribution in [1.29, 1.82) is 0 Å². The summed E-state index contributed by atoms with van der Waals surface area (Å²) in [5, 5.41) is 8.89. The molecule has 0 aliphatic heterocycles. The molecule has 0 atom stereocenters. The Kier molecular flexibility index (Phi) is 8.68. The van der Waals surface area contributed by atoms with Gasteiger partial charge in [0.1, 0.15) is 5.76 Å². The Hall–Kier alpha value is -3.36. The number of ether oxygens (including phenoxy) is 3. The minimum atomic E-state index is -0.167. The van der Waals surface area contributed by atoms with Crippen LogP contribution in [0.4, 0.5) is 0 Å². The van der Waals surface area contributed by atoms with Crippen molar-refractivity contribution < 1.29 is 23.4 Å². The lowest BCUT2D eigenvalue weighted by Crippen LogP contribution is -2.43. The molecule has 1 aromatic carbocycles. The van der Waals surface area contributed by atoms with Crippen molar-refractivity contribution in [2.75, 3.05) is 34.4 Å². The van der Waals surface area contributed by atoms with Crippen LogP contribution in [-0.2, 0) is 17.9 Å². The van der Waals surface area contributed by atoms with Crippen molar-refractivity contribution in [3.05, 3.63) is 41.9 Å². The molecule has 0 bridgehead atoms. The Morgan fingerprint density at radius 1 is 1.07 bits per heavy atom. The van der Waals surface area contributed by atoms with Gasteiger partial charge in [-0.1, -0.05) is 0 Å². The normalized spacial score (nSPS) is 11.0. The molecule has 9 heteroatoms. The van der Waals surface area contributed by atoms with E-state index < -0.39 is 0 Å². The summed E-state index contributed by atoms with van der Waals surface area (Å²) in [6, 6.07) is 7.25. The summed E-state index contributed by atoms with van der Waals surface area (Å²) < 4.78 is 21.2. The zero-order valence-corrected chi connectivity index (χ0v) is 17.2. The van der Waals surface area contributed by atoms with Crippen molar-refractivity contribution in [3.63, 3.8) is 0 Å². The lowest BCUT2D eigenvalue weighted by atomic mass is 10.2. The Bertz CT molecular complexity index is 780. The Morgan fingerprint density at radius 2 is 1.79 bits per heavy atom. The molecule has 0 saturated heterocycles. The van der Waals surface area contributed by atoms with Crippen LogP contribution in [0.5, 0.6) is 17.2 Å². The Labute approximate surface area is 170 Å². The molecule has 1 heterocycles. The second-order valence-corrected chi connectivity index (χ2v) is 5.94. The highest BCUT2D eigenvalue weighted by molar-refractivity contribution is 5.86. The van der Waals surface area contributed by atoms with Crippen LogP contribution < -0.4 is 30.2 Å². The predicted octanol–water partition coefficient (Wildman–Crippen LogP) is 1.68. The third-order valence-corrected chi connectivity index (χ3v) is 3.94. The molecule has 0 radical (unpaired) electrons. The minimum absolute atomic E-state index is 0.0851. The summed E-state index contributed by atoms with van der Waals surface area (Å²) in [4.78, 5) is 16.5. The van der Waals surface area contributed by atoms with Crippen molar-refractivity contribution in [3.8, 4) is 17.2 Å². The predicted molar refractivity (Wildman–Crippen MR) is 109 cm³/mol. The number of furan rings is 1. The van der Waals surface area contributed by atoms with Gasteiger partial charge in [0.25, 0.3) is 0 Å². The van der Waals surface area contributed by atoms with Gasteiger partial charge in [0, 0.05) is 6.54 Å². The molecule has 1 aromatic heterocycles. The molecular formula is C20H28N4O5. The molecule has 0 unspecified atom stereocenters. The van der Waals surface area contributed by atoms with E-state index in [0.717, 1.165) is 5.56 Å². The van der Waals surface area contributed by atoms with E-state index in [-0.39, 0.29) is 12.5 Å². The smallest absolute Gasteiger partial charge is 0.239 e. The highest BCUT2D eigenvalue weighted by Crippen LogP contribution is 2.38. The standard InChI is InChI=1S/C20H28N4O5/c1-5-21-20(24-13-18(25)22-12-15-7-6-8-29-15)23-11-14-9-16(26-2)19(28-4)17(10-14)27-3/h6-10H,5,11-13H2,1-4H3,(H,22,25)(H2,21,23,24). The first-order valence-electron chi connectivity index (χ1n) is 9.21. The van der Waals surface area contributed by atoms with Gasteiger partial charge in [0.15, 0.2) is 17.5 Å². The summed E-state index contributed by atoms with van der Waals surface area (Å²) in [5.74, 6) is 2.70. The van der Waals surface area contributed by atoms with Gasteiger partial charge in [-0.25, -0.2) is 4.99 Å². The third-order valence-electron chi connectivity index (χ3n) is 3.94. The van der Waals surface area contributed by atoms with Crippen LogP contribution in [-0.4, -0.2) is 46.3 Å². The van der Waals surface area contributed by atoms with Crippen LogP contribution in [0.1, 0.15) is 18.2 Å². The lowest BCUT2D eigenvalue weighted by Gasteiger charge is -2.14. The number of hydrogen-bond donors (Lipinski definition) is 3. The molecule has 9 nitrogen and oxygen atoms in total. The number of benzene rings is 1. The molecule has 2 aromatic rings. The van der Waals surface area contributed by atoms with Crippen LogP contribution >= 0.6 is 0 Å². The second-order valence-electron chi connectivity index (χ2n) is 5.94. The second kappa shape index (κ2) is 11.5. The molecule has 29 heavy (non-hydrogen) atoms. The average Bonchev–Trinajstić information content (AvgIpc) is 3.26. The number of aliphatic imine (C=N–C) groups is 1. The van der Waals surface area contributed by atoms with Crippen LogP contribution in [0.2, 0.25) is 0 Å². The van der Waals surface area contributed by atoms with E-state index in [1.165, 1.54) is 0 Å². The maximum absolute atomic E-state index is 12.0. The SMILES string of the molecule is CCNC(=NCc1cc(OC)c(OC)c(OC)c1)NCC(=O)NCc1ccco1. The first-order chi connectivity index (χ1) is 14.1. The molecule has 158 valence electrons. The van der Waals surface area contributed by atoms with Crippen LogP contribution in [0.3, 0.4) is 0 Å². The zero-order valence-electron chi connectivity index (χ0n) is 17.2. The van der Waals surface area contributed by atoms with E-state index >= 15 is 0 Å². The molecule has 0 aliphatic carbocycles. The van der Waals surface area contributed by atoms with Gasteiger partial charge in [0.2, 0.25) is 11.7 Å². The number of guanidine groups is 1. The van der Waals surface area contributed by atoms with E-state index in [1.807, 2.05) is 19.1 Å². The largest absolute Gasteiger partial charge is 0.493 e. The van der Waals surface area contributed by atoms with E-state index in [1.54, 1.807) is 39.7 Å². The van der Waals surface area contributed by atoms with Gasteiger partial charge in [-0.05, 0) is 36.8 Å². The van der Waals surface area contributed by atoms with Crippen molar-refractivity contribution in [2.45, 2.75) is 20.0 Å². The van der Waals surface area contributed by atoms with E-state index in [0.29, 0.717) is 48.6 Å².